The second-order valence-electron chi connectivity index (χ2n) is 7.07. The van der Waals surface area contributed by atoms with Crippen LogP contribution in [0, 0.1) is 6.92 Å². The number of carbonyl (C=O) groups excluding carboxylic acids is 1. The van der Waals surface area contributed by atoms with Crippen molar-refractivity contribution < 1.29 is 4.79 Å². The van der Waals surface area contributed by atoms with Gasteiger partial charge in [0.15, 0.2) is 0 Å². The minimum Gasteiger partial charge on any atom is -0.350 e. The molecule has 0 aliphatic rings. The van der Waals surface area contributed by atoms with Crippen LogP contribution in [-0.2, 0) is 0 Å². The summed E-state index contributed by atoms with van der Waals surface area (Å²) in [6.07, 6.45) is 0.836. The lowest BCUT2D eigenvalue weighted by Crippen LogP contribution is -2.31. The molecule has 30 heavy (non-hydrogen) atoms. The van der Waals surface area contributed by atoms with Crippen molar-refractivity contribution in [3.05, 3.63) is 62.9 Å². The average molecular weight is 442 g/mol. The van der Waals surface area contributed by atoms with E-state index in [1.165, 1.54) is 15.9 Å². The Morgan fingerprint density at radius 2 is 2.10 bits per heavy atom. The van der Waals surface area contributed by atoms with Gasteiger partial charge in [0.25, 0.3) is 11.5 Å². The minimum atomic E-state index is -0.281. The molecule has 1 amide bonds. The Morgan fingerprint density at radius 1 is 1.30 bits per heavy atom. The number of anilines is 2. The van der Waals surface area contributed by atoms with E-state index in [2.05, 4.69) is 20.7 Å². The normalized spacial score (nSPS) is 12.3. The van der Waals surface area contributed by atoms with Crippen LogP contribution < -0.4 is 16.2 Å². The van der Waals surface area contributed by atoms with Gasteiger partial charge in [0.05, 0.1) is 10.9 Å². The second-order valence-corrected chi connectivity index (χ2v) is 8.43. The van der Waals surface area contributed by atoms with Crippen LogP contribution in [0.15, 0.2) is 41.2 Å². The van der Waals surface area contributed by atoms with Crippen molar-refractivity contribution in [3.63, 3.8) is 0 Å². The molecular formula is C21H20ClN5O2S. The molecule has 0 spiro atoms. The summed E-state index contributed by atoms with van der Waals surface area (Å²) in [6.45, 7) is 5.86. The van der Waals surface area contributed by atoms with E-state index in [1.54, 1.807) is 18.2 Å². The Labute approximate surface area is 181 Å². The minimum absolute atomic E-state index is 0.0688. The first-order valence-electron chi connectivity index (χ1n) is 9.54. The van der Waals surface area contributed by atoms with Crippen molar-refractivity contribution in [2.24, 2.45) is 0 Å². The summed E-state index contributed by atoms with van der Waals surface area (Å²) < 4.78 is 1.27. The van der Waals surface area contributed by atoms with Gasteiger partial charge in [-0.15, -0.1) is 5.10 Å². The molecule has 4 rings (SSSR count). The Balaban J connectivity index is 1.74. The van der Waals surface area contributed by atoms with E-state index >= 15 is 0 Å². The quantitative estimate of drug-likeness (QED) is 0.474. The fourth-order valence-corrected chi connectivity index (χ4v) is 3.95. The zero-order chi connectivity index (χ0) is 21.4. The number of amides is 1. The van der Waals surface area contributed by atoms with E-state index in [9.17, 15) is 9.59 Å². The van der Waals surface area contributed by atoms with Gasteiger partial charge in [0.1, 0.15) is 0 Å². The van der Waals surface area contributed by atoms with Crippen molar-refractivity contribution in [1.29, 1.82) is 0 Å². The van der Waals surface area contributed by atoms with Crippen LogP contribution in [0.5, 0.6) is 0 Å². The predicted octanol–water partition coefficient (Wildman–Crippen LogP) is 4.54. The number of fused-ring (bicyclic) bond motifs is 2. The fourth-order valence-electron chi connectivity index (χ4n) is 2.97. The standard InChI is InChI=1S/C21H20ClN5O2S/c1-4-11(2)23-18(28)13-8-9-14-17(10-13)25-21-27(19(14)29)26-20(30-21)24-16-7-5-6-15(22)12(16)3/h5-11H,4H2,1-3H3,(H,23,28)(H,24,26)/t11-/m0/s1. The van der Waals surface area contributed by atoms with Crippen LogP contribution in [0.3, 0.4) is 0 Å². The Morgan fingerprint density at radius 3 is 2.87 bits per heavy atom. The third kappa shape index (κ3) is 3.76. The molecule has 0 unspecified atom stereocenters. The molecular weight excluding hydrogens is 422 g/mol. The van der Waals surface area contributed by atoms with Gasteiger partial charge in [-0.3, -0.25) is 9.59 Å². The van der Waals surface area contributed by atoms with E-state index in [1.807, 2.05) is 39.0 Å². The summed E-state index contributed by atoms with van der Waals surface area (Å²) in [5.41, 5.74) is 2.35. The summed E-state index contributed by atoms with van der Waals surface area (Å²) in [4.78, 5) is 30.3. The molecule has 2 aromatic heterocycles. The van der Waals surface area contributed by atoms with Crippen molar-refractivity contribution in [1.82, 2.24) is 19.9 Å². The smallest absolute Gasteiger partial charge is 0.283 e. The maximum Gasteiger partial charge on any atom is 0.283 e. The first-order valence-corrected chi connectivity index (χ1v) is 10.7. The first-order chi connectivity index (χ1) is 14.4. The van der Waals surface area contributed by atoms with Crippen LogP contribution in [0.4, 0.5) is 10.8 Å². The van der Waals surface area contributed by atoms with Gasteiger partial charge in [-0.1, -0.05) is 35.9 Å². The average Bonchev–Trinajstić information content (AvgIpc) is 3.13. The van der Waals surface area contributed by atoms with Gasteiger partial charge in [0.2, 0.25) is 10.1 Å². The molecule has 0 radical (unpaired) electrons. The number of rotatable bonds is 5. The summed E-state index contributed by atoms with van der Waals surface area (Å²) in [5, 5.41) is 12.1. The van der Waals surface area contributed by atoms with Gasteiger partial charge < -0.3 is 10.6 Å². The fraction of sp³-hybridized carbons (Fsp3) is 0.238. The summed E-state index contributed by atoms with van der Waals surface area (Å²) in [6, 6.07) is 10.5. The van der Waals surface area contributed by atoms with Gasteiger partial charge in [-0.2, -0.15) is 4.52 Å². The number of carbonyl (C=O) groups is 1. The van der Waals surface area contributed by atoms with Crippen molar-refractivity contribution >= 4 is 55.5 Å². The highest BCUT2D eigenvalue weighted by molar-refractivity contribution is 7.20. The molecule has 0 saturated heterocycles. The summed E-state index contributed by atoms with van der Waals surface area (Å²) >= 11 is 7.43. The monoisotopic (exact) mass is 441 g/mol. The van der Waals surface area contributed by atoms with Crippen LogP contribution in [0.2, 0.25) is 5.02 Å². The molecule has 0 aliphatic carbocycles. The predicted molar refractivity (Wildman–Crippen MR) is 121 cm³/mol. The molecule has 154 valence electrons. The highest BCUT2D eigenvalue weighted by Crippen LogP contribution is 2.28. The van der Waals surface area contributed by atoms with Gasteiger partial charge >= 0.3 is 0 Å². The summed E-state index contributed by atoms with van der Waals surface area (Å²) in [7, 11) is 0. The topological polar surface area (TPSA) is 88.4 Å². The zero-order valence-corrected chi connectivity index (χ0v) is 18.3. The molecule has 2 heterocycles. The highest BCUT2D eigenvalue weighted by Gasteiger charge is 2.15. The number of halogens is 1. The summed E-state index contributed by atoms with van der Waals surface area (Å²) in [5.74, 6) is -0.184. The van der Waals surface area contributed by atoms with Crippen molar-refractivity contribution in [2.45, 2.75) is 33.2 Å². The number of benzene rings is 2. The molecule has 0 aliphatic heterocycles. The number of aromatic nitrogens is 3. The van der Waals surface area contributed by atoms with Crippen LogP contribution in [0.25, 0.3) is 15.9 Å². The third-order valence-electron chi connectivity index (χ3n) is 4.96. The molecule has 7 nitrogen and oxygen atoms in total. The van der Waals surface area contributed by atoms with E-state index < -0.39 is 0 Å². The molecule has 0 bridgehead atoms. The van der Waals surface area contributed by atoms with Crippen molar-refractivity contribution in [2.75, 3.05) is 5.32 Å². The molecule has 2 N–H and O–H groups in total. The van der Waals surface area contributed by atoms with Crippen LogP contribution >= 0.6 is 22.9 Å². The lowest BCUT2D eigenvalue weighted by atomic mass is 10.1. The number of nitrogens with one attached hydrogen (secondary N) is 2. The molecule has 0 fully saturated rings. The lowest BCUT2D eigenvalue weighted by Gasteiger charge is -2.11. The Bertz CT molecular complexity index is 1330. The van der Waals surface area contributed by atoms with Crippen LogP contribution in [-0.4, -0.2) is 26.5 Å². The zero-order valence-electron chi connectivity index (χ0n) is 16.7. The number of nitrogens with zero attached hydrogens (tertiary/aromatic N) is 3. The SMILES string of the molecule is CC[C@H](C)NC(=O)c1ccc2c(=O)n3nc(Nc4cccc(Cl)c4C)sc3nc2c1. The van der Waals surface area contributed by atoms with E-state index in [4.69, 9.17) is 11.6 Å². The van der Waals surface area contributed by atoms with Gasteiger partial charge in [-0.05, 0) is 56.2 Å². The molecule has 0 saturated carbocycles. The van der Waals surface area contributed by atoms with Crippen LogP contribution in [0.1, 0.15) is 36.2 Å². The van der Waals surface area contributed by atoms with Crippen molar-refractivity contribution in [3.8, 4) is 0 Å². The van der Waals surface area contributed by atoms with Gasteiger partial charge in [-0.25, -0.2) is 4.98 Å². The number of hydrogen-bond acceptors (Lipinski definition) is 6. The molecule has 2 aromatic carbocycles. The van der Waals surface area contributed by atoms with E-state index in [0.717, 1.165) is 17.7 Å². The third-order valence-corrected chi connectivity index (χ3v) is 6.19. The van der Waals surface area contributed by atoms with E-state index in [0.29, 0.717) is 31.6 Å². The largest absolute Gasteiger partial charge is 0.350 e. The maximum atomic E-state index is 12.9. The molecule has 4 aromatic rings. The molecule has 1 atom stereocenters. The van der Waals surface area contributed by atoms with E-state index in [-0.39, 0.29) is 17.5 Å². The number of hydrogen-bond donors (Lipinski definition) is 2. The second kappa shape index (κ2) is 8.04. The van der Waals surface area contributed by atoms with Gasteiger partial charge in [0, 0.05) is 22.3 Å². The lowest BCUT2D eigenvalue weighted by molar-refractivity contribution is 0.0939. The maximum absolute atomic E-state index is 12.9. The highest BCUT2D eigenvalue weighted by atomic mass is 35.5. The Kier molecular flexibility index (Phi) is 5.44. The Hall–Kier alpha value is -2.97. The molecule has 9 heteroatoms. The first kappa shape index (κ1) is 20.3.